The highest BCUT2D eigenvalue weighted by atomic mass is 16.6. The molecule has 0 bridgehead atoms. The van der Waals surface area contributed by atoms with E-state index in [-0.39, 0.29) is 0 Å². The van der Waals surface area contributed by atoms with E-state index in [1.807, 2.05) is 51.1 Å². The van der Waals surface area contributed by atoms with E-state index in [2.05, 4.69) is 48.7 Å². The standard InChI is InChI=1S/C25H36N2O3/c1-18(2)21-13-9-12-20(14-21)16-26-17-23(28)22(15-19-10-7-6-8-11-19)27-24(29)30-25(3,4)5/h6-14,18,22-23,26,28H,15-17H2,1-5H3,(H,27,29)/t22-,23+/m0/s1. The number of alkyl carbamates (subject to hydrolysis) is 1. The van der Waals surface area contributed by atoms with Gasteiger partial charge in [-0.15, -0.1) is 0 Å². The molecular formula is C25H36N2O3. The first kappa shape index (κ1) is 23.9. The van der Waals surface area contributed by atoms with Gasteiger partial charge in [-0.25, -0.2) is 4.79 Å². The lowest BCUT2D eigenvalue weighted by molar-refractivity contribution is 0.0422. The van der Waals surface area contributed by atoms with Crippen LogP contribution in [0.4, 0.5) is 4.79 Å². The van der Waals surface area contributed by atoms with Crippen LogP contribution in [0.1, 0.15) is 57.2 Å². The van der Waals surface area contributed by atoms with E-state index in [1.54, 1.807) is 0 Å². The Morgan fingerprint density at radius 2 is 1.70 bits per heavy atom. The summed E-state index contributed by atoms with van der Waals surface area (Å²) in [5.41, 5.74) is 2.92. The van der Waals surface area contributed by atoms with Gasteiger partial charge in [0.2, 0.25) is 0 Å². The third-order valence-corrected chi connectivity index (χ3v) is 4.77. The van der Waals surface area contributed by atoms with Crippen molar-refractivity contribution in [3.8, 4) is 0 Å². The maximum Gasteiger partial charge on any atom is 0.407 e. The Morgan fingerprint density at radius 3 is 2.33 bits per heavy atom. The van der Waals surface area contributed by atoms with Gasteiger partial charge in [-0.1, -0.05) is 68.4 Å². The molecule has 5 nitrogen and oxygen atoms in total. The number of hydrogen-bond acceptors (Lipinski definition) is 4. The predicted octanol–water partition coefficient (Wildman–Crippen LogP) is 4.40. The molecule has 0 aliphatic carbocycles. The Bertz CT molecular complexity index is 784. The topological polar surface area (TPSA) is 70.6 Å². The van der Waals surface area contributed by atoms with E-state index in [1.165, 1.54) is 11.1 Å². The van der Waals surface area contributed by atoms with Crippen molar-refractivity contribution < 1.29 is 14.6 Å². The normalized spacial score (nSPS) is 13.7. The molecule has 164 valence electrons. The van der Waals surface area contributed by atoms with Crippen LogP contribution < -0.4 is 10.6 Å². The Hall–Kier alpha value is -2.37. The molecule has 5 heteroatoms. The molecule has 2 aromatic carbocycles. The van der Waals surface area contributed by atoms with E-state index in [9.17, 15) is 9.90 Å². The van der Waals surface area contributed by atoms with Crippen molar-refractivity contribution in [1.82, 2.24) is 10.6 Å². The van der Waals surface area contributed by atoms with Gasteiger partial charge in [-0.2, -0.15) is 0 Å². The van der Waals surface area contributed by atoms with Crippen molar-refractivity contribution in [2.24, 2.45) is 0 Å². The van der Waals surface area contributed by atoms with Gasteiger partial charge in [0.25, 0.3) is 0 Å². The van der Waals surface area contributed by atoms with Crippen molar-refractivity contribution in [3.05, 3.63) is 71.3 Å². The molecule has 1 amide bonds. The number of amides is 1. The van der Waals surface area contributed by atoms with Crippen molar-refractivity contribution in [3.63, 3.8) is 0 Å². The predicted molar refractivity (Wildman–Crippen MR) is 122 cm³/mol. The summed E-state index contributed by atoms with van der Waals surface area (Å²) < 4.78 is 5.38. The van der Waals surface area contributed by atoms with Crippen LogP contribution in [-0.2, 0) is 17.7 Å². The Morgan fingerprint density at radius 1 is 1.03 bits per heavy atom. The minimum absolute atomic E-state index is 0.360. The van der Waals surface area contributed by atoms with Gasteiger partial charge in [0.05, 0.1) is 12.1 Å². The smallest absolute Gasteiger partial charge is 0.407 e. The molecule has 0 aromatic heterocycles. The number of carbonyl (C=O) groups excluding carboxylic acids is 1. The highest BCUT2D eigenvalue weighted by molar-refractivity contribution is 5.68. The number of aliphatic hydroxyl groups is 1. The molecule has 0 aliphatic heterocycles. The van der Waals surface area contributed by atoms with Crippen LogP contribution in [0.3, 0.4) is 0 Å². The summed E-state index contributed by atoms with van der Waals surface area (Å²) in [4.78, 5) is 12.3. The average Bonchev–Trinajstić information content (AvgIpc) is 2.67. The summed E-state index contributed by atoms with van der Waals surface area (Å²) >= 11 is 0. The van der Waals surface area contributed by atoms with Crippen molar-refractivity contribution in [1.29, 1.82) is 0 Å². The molecule has 30 heavy (non-hydrogen) atoms. The molecule has 0 radical (unpaired) electrons. The number of benzene rings is 2. The van der Waals surface area contributed by atoms with E-state index in [0.29, 0.717) is 25.4 Å². The second-order valence-electron chi connectivity index (χ2n) is 9.04. The summed E-state index contributed by atoms with van der Waals surface area (Å²) in [5.74, 6) is 0.476. The number of hydrogen-bond donors (Lipinski definition) is 3. The fourth-order valence-corrected chi connectivity index (χ4v) is 3.18. The SMILES string of the molecule is CC(C)c1cccc(CNC[C@@H](O)[C@H](Cc2ccccc2)NC(=O)OC(C)(C)C)c1. The van der Waals surface area contributed by atoms with Gasteiger partial charge in [0.15, 0.2) is 0 Å². The molecule has 2 aromatic rings. The average molecular weight is 413 g/mol. The minimum Gasteiger partial charge on any atom is -0.444 e. The lowest BCUT2D eigenvalue weighted by atomic mass is 10.00. The number of nitrogens with one attached hydrogen (secondary N) is 2. The van der Waals surface area contributed by atoms with Crippen LogP contribution >= 0.6 is 0 Å². The highest BCUT2D eigenvalue weighted by Gasteiger charge is 2.24. The lowest BCUT2D eigenvalue weighted by Gasteiger charge is -2.27. The maximum atomic E-state index is 12.3. The number of ether oxygens (including phenoxy) is 1. The third-order valence-electron chi connectivity index (χ3n) is 4.77. The lowest BCUT2D eigenvalue weighted by Crippen LogP contribution is -2.49. The third kappa shape index (κ3) is 8.56. The van der Waals surface area contributed by atoms with Crippen molar-refractivity contribution >= 4 is 6.09 Å². The summed E-state index contributed by atoms with van der Waals surface area (Å²) in [6.45, 7) is 10.8. The van der Waals surface area contributed by atoms with E-state index in [4.69, 9.17) is 4.74 Å². The molecule has 2 rings (SSSR count). The van der Waals surface area contributed by atoms with Crippen molar-refractivity contribution in [2.45, 2.75) is 71.2 Å². The molecule has 0 spiro atoms. The molecule has 0 aliphatic rings. The minimum atomic E-state index is -0.758. The zero-order chi connectivity index (χ0) is 22.1. The monoisotopic (exact) mass is 412 g/mol. The number of carbonyl (C=O) groups is 1. The summed E-state index contributed by atoms with van der Waals surface area (Å²) in [5, 5.41) is 17.0. The number of rotatable bonds is 9. The van der Waals surface area contributed by atoms with Gasteiger partial charge in [0, 0.05) is 13.1 Å². The van der Waals surface area contributed by atoms with E-state index >= 15 is 0 Å². The molecule has 0 saturated carbocycles. The first-order valence-electron chi connectivity index (χ1n) is 10.6. The first-order chi connectivity index (χ1) is 14.1. The van der Waals surface area contributed by atoms with Crippen LogP contribution in [0.2, 0.25) is 0 Å². The van der Waals surface area contributed by atoms with E-state index < -0.39 is 23.8 Å². The van der Waals surface area contributed by atoms with Crippen LogP contribution in [0.25, 0.3) is 0 Å². The van der Waals surface area contributed by atoms with Crippen molar-refractivity contribution in [2.75, 3.05) is 6.54 Å². The summed E-state index contributed by atoms with van der Waals surface area (Å²) in [6.07, 6.45) is -0.760. The van der Waals surface area contributed by atoms with Crippen LogP contribution in [0, 0.1) is 0 Å². The van der Waals surface area contributed by atoms with Gasteiger partial charge < -0.3 is 20.5 Å². The molecule has 0 saturated heterocycles. The molecule has 0 fully saturated rings. The van der Waals surface area contributed by atoms with Gasteiger partial charge in [-0.3, -0.25) is 0 Å². The fraction of sp³-hybridized carbons (Fsp3) is 0.480. The quantitative estimate of drug-likeness (QED) is 0.571. The molecule has 3 N–H and O–H groups in total. The zero-order valence-electron chi connectivity index (χ0n) is 18.8. The Kier molecular flexibility index (Phi) is 8.88. The van der Waals surface area contributed by atoms with Gasteiger partial charge >= 0.3 is 6.09 Å². The Balaban J connectivity index is 1.98. The second-order valence-corrected chi connectivity index (χ2v) is 9.04. The summed E-state index contributed by atoms with van der Waals surface area (Å²) in [6, 6.07) is 17.8. The zero-order valence-corrected chi connectivity index (χ0v) is 18.8. The largest absolute Gasteiger partial charge is 0.444 e. The van der Waals surface area contributed by atoms with Crippen LogP contribution in [0.5, 0.6) is 0 Å². The first-order valence-corrected chi connectivity index (χ1v) is 10.6. The molecule has 2 atom stereocenters. The van der Waals surface area contributed by atoms with Crippen LogP contribution in [-0.4, -0.2) is 35.5 Å². The summed E-state index contributed by atoms with van der Waals surface area (Å²) in [7, 11) is 0. The maximum absolute atomic E-state index is 12.3. The molecular weight excluding hydrogens is 376 g/mol. The van der Waals surface area contributed by atoms with Gasteiger partial charge in [-0.05, 0) is 49.8 Å². The van der Waals surface area contributed by atoms with Gasteiger partial charge in [0.1, 0.15) is 5.60 Å². The van der Waals surface area contributed by atoms with E-state index in [0.717, 1.165) is 5.56 Å². The molecule has 0 unspecified atom stereocenters. The second kappa shape index (κ2) is 11.1. The Labute approximate surface area is 180 Å². The molecule has 0 heterocycles. The fourth-order valence-electron chi connectivity index (χ4n) is 3.18. The number of aliphatic hydroxyl groups excluding tert-OH is 1. The highest BCUT2D eigenvalue weighted by Crippen LogP contribution is 2.15. The van der Waals surface area contributed by atoms with Crippen LogP contribution in [0.15, 0.2) is 54.6 Å².